The Hall–Kier alpha value is -5.41. The number of rotatable bonds is 16. The zero-order valence-electron chi connectivity index (χ0n) is 28.5. The van der Waals surface area contributed by atoms with Crippen molar-refractivity contribution in [2.75, 3.05) is 31.6 Å². The van der Waals surface area contributed by atoms with E-state index in [0.29, 0.717) is 41.4 Å². The Morgan fingerprint density at radius 2 is 1.45 bits per heavy atom. The van der Waals surface area contributed by atoms with Gasteiger partial charge in [0.1, 0.15) is 17.9 Å². The zero-order valence-corrected chi connectivity index (χ0v) is 28.5. The maximum atomic E-state index is 12.9. The number of nitrogens with one attached hydrogen (secondary N) is 3. The van der Waals surface area contributed by atoms with E-state index in [1.807, 2.05) is 27.7 Å². The van der Waals surface area contributed by atoms with Crippen molar-refractivity contribution in [3.05, 3.63) is 90.3 Å². The van der Waals surface area contributed by atoms with Gasteiger partial charge in [0.2, 0.25) is 0 Å². The molecule has 1 heterocycles. The number of alkyl halides is 3. The van der Waals surface area contributed by atoms with Crippen LogP contribution in [-0.4, -0.2) is 75.9 Å². The summed E-state index contributed by atoms with van der Waals surface area (Å²) < 4.78 is 53.2. The molecule has 272 valence electrons. The highest BCUT2D eigenvalue weighted by molar-refractivity contribution is 5.95. The number of halogens is 3. The number of carbonyl (C=O) groups is 2. The maximum absolute atomic E-state index is 12.9. The standard InChI is InChI=1S/C36H40F3N5O7/c1-34(2,14-16-49-35(3,4)21-41-33(48)25-8-13-29(45)30(46)19-25)50-17-15-40-32(47)24-7-5-6-23(18-24)28-20-31(43-22-42-28)44-26-9-11-27(12-10-26)51-36(37,38)39/h5-13,18-20,22,45-46H,14-17,21H2,1-4H3,(H,40,47)(H,41,48)(H,42,43,44). The maximum Gasteiger partial charge on any atom is 0.573 e. The average Bonchev–Trinajstić information content (AvgIpc) is 3.07. The van der Waals surface area contributed by atoms with Crippen molar-refractivity contribution in [3.8, 4) is 28.5 Å². The molecular formula is C36H40F3N5O7. The molecular weight excluding hydrogens is 671 g/mol. The lowest BCUT2D eigenvalue weighted by Crippen LogP contribution is -2.41. The number of ether oxygens (including phenoxy) is 3. The van der Waals surface area contributed by atoms with E-state index in [2.05, 4.69) is 30.7 Å². The third-order valence-electron chi connectivity index (χ3n) is 7.44. The zero-order chi connectivity index (χ0) is 37.2. The molecule has 0 spiro atoms. The van der Waals surface area contributed by atoms with Crippen molar-refractivity contribution in [2.45, 2.75) is 51.7 Å². The predicted octanol–water partition coefficient (Wildman–Crippen LogP) is 6.34. The van der Waals surface area contributed by atoms with Gasteiger partial charge in [-0.15, -0.1) is 13.2 Å². The lowest BCUT2D eigenvalue weighted by molar-refractivity contribution is -0.274. The van der Waals surface area contributed by atoms with Gasteiger partial charge in [-0.05, 0) is 88.7 Å². The summed E-state index contributed by atoms with van der Waals surface area (Å²) in [6.45, 7) is 8.56. The highest BCUT2D eigenvalue weighted by Crippen LogP contribution is 2.27. The molecule has 0 aliphatic rings. The van der Waals surface area contributed by atoms with E-state index in [-0.39, 0.29) is 48.4 Å². The van der Waals surface area contributed by atoms with E-state index in [1.165, 1.54) is 48.8 Å². The van der Waals surface area contributed by atoms with Crippen molar-refractivity contribution in [1.29, 1.82) is 0 Å². The fourth-order valence-electron chi connectivity index (χ4n) is 4.64. The van der Waals surface area contributed by atoms with Gasteiger partial charge in [0.25, 0.3) is 11.8 Å². The Balaban J connectivity index is 1.20. The topological polar surface area (TPSA) is 164 Å². The van der Waals surface area contributed by atoms with Crippen LogP contribution in [0.25, 0.3) is 11.3 Å². The van der Waals surface area contributed by atoms with Gasteiger partial charge >= 0.3 is 6.36 Å². The van der Waals surface area contributed by atoms with Crippen LogP contribution in [0.1, 0.15) is 54.8 Å². The van der Waals surface area contributed by atoms with Crippen molar-refractivity contribution in [2.24, 2.45) is 0 Å². The second-order valence-electron chi connectivity index (χ2n) is 12.7. The molecule has 0 unspecified atom stereocenters. The van der Waals surface area contributed by atoms with Gasteiger partial charge in [-0.3, -0.25) is 9.59 Å². The molecule has 0 saturated heterocycles. The second-order valence-corrected chi connectivity index (χ2v) is 12.7. The average molecular weight is 712 g/mol. The molecule has 0 aliphatic heterocycles. The Bertz CT molecular complexity index is 1800. The van der Waals surface area contributed by atoms with Gasteiger partial charge < -0.3 is 40.4 Å². The summed E-state index contributed by atoms with van der Waals surface area (Å²) in [5, 5.41) is 27.7. The number of anilines is 2. The summed E-state index contributed by atoms with van der Waals surface area (Å²) in [6, 6.07) is 17.6. The van der Waals surface area contributed by atoms with Gasteiger partial charge in [0, 0.05) is 41.5 Å². The molecule has 0 atom stereocenters. The Morgan fingerprint density at radius 1 is 0.765 bits per heavy atom. The minimum absolute atomic E-state index is 0.207. The van der Waals surface area contributed by atoms with Crippen molar-refractivity contribution >= 4 is 23.3 Å². The van der Waals surface area contributed by atoms with Crippen LogP contribution >= 0.6 is 0 Å². The largest absolute Gasteiger partial charge is 0.573 e. The van der Waals surface area contributed by atoms with E-state index in [9.17, 15) is 33.0 Å². The first-order valence-electron chi connectivity index (χ1n) is 15.9. The number of aromatic nitrogens is 2. The first kappa shape index (κ1) is 38.4. The van der Waals surface area contributed by atoms with Crippen LogP contribution in [0.3, 0.4) is 0 Å². The molecule has 3 aromatic carbocycles. The third kappa shape index (κ3) is 12.5. The number of amides is 2. The smallest absolute Gasteiger partial charge is 0.504 e. The van der Waals surface area contributed by atoms with E-state index in [4.69, 9.17) is 9.47 Å². The van der Waals surface area contributed by atoms with Gasteiger partial charge in [-0.25, -0.2) is 9.97 Å². The van der Waals surface area contributed by atoms with Gasteiger partial charge in [-0.2, -0.15) is 0 Å². The molecule has 2 amide bonds. The lowest BCUT2D eigenvalue weighted by Gasteiger charge is -2.30. The Labute approximate surface area is 293 Å². The number of hydrogen-bond donors (Lipinski definition) is 5. The van der Waals surface area contributed by atoms with E-state index in [1.54, 1.807) is 30.3 Å². The SMILES string of the molecule is CC(C)(CCOC(C)(C)CNC(=O)c1ccc(O)c(O)c1)OCCNC(=O)c1cccc(-c2cc(Nc3ccc(OC(F)(F)F)cc3)ncn2)c1. The first-order chi connectivity index (χ1) is 24.0. The Morgan fingerprint density at radius 3 is 2.16 bits per heavy atom. The monoisotopic (exact) mass is 711 g/mol. The van der Waals surface area contributed by atoms with Gasteiger partial charge in [0.15, 0.2) is 11.5 Å². The van der Waals surface area contributed by atoms with Gasteiger partial charge in [-0.1, -0.05) is 12.1 Å². The summed E-state index contributed by atoms with van der Waals surface area (Å²) in [7, 11) is 0. The Kier molecular flexibility index (Phi) is 12.4. The highest BCUT2D eigenvalue weighted by atomic mass is 19.4. The lowest BCUT2D eigenvalue weighted by atomic mass is 10.1. The molecule has 0 bridgehead atoms. The normalized spacial score (nSPS) is 11.9. The van der Waals surface area contributed by atoms with Crippen molar-refractivity contribution in [3.63, 3.8) is 0 Å². The molecule has 4 aromatic rings. The van der Waals surface area contributed by atoms with Crippen molar-refractivity contribution < 1.29 is 47.2 Å². The number of nitrogens with zero attached hydrogens (tertiary/aromatic N) is 2. The molecule has 1 aromatic heterocycles. The van der Waals surface area contributed by atoms with Crippen LogP contribution in [0.4, 0.5) is 24.7 Å². The molecule has 0 saturated carbocycles. The van der Waals surface area contributed by atoms with Crippen LogP contribution in [-0.2, 0) is 9.47 Å². The van der Waals surface area contributed by atoms with Crippen LogP contribution in [0.5, 0.6) is 17.2 Å². The first-order valence-corrected chi connectivity index (χ1v) is 15.9. The number of hydrogen-bond acceptors (Lipinski definition) is 10. The summed E-state index contributed by atoms with van der Waals surface area (Å²) in [5.41, 5.74) is 1.02. The number of benzene rings is 3. The minimum Gasteiger partial charge on any atom is -0.504 e. The summed E-state index contributed by atoms with van der Waals surface area (Å²) in [5.74, 6) is -1.35. The number of aromatic hydroxyl groups is 2. The predicted molar refractivity (Wildman–Crippen MR) is 183 cm³/mol. The molecule has 0 radical (unpaired) electrons. The molecule has 12 nitrogen and oxygen atoms in total. The van der Waals surface area contributed by atoms with E-state index in [0.717, 1.165) is 0 Å². The number of carbonyl (C=O) groups excluding carboxylic acids is 2. The van der Waals surface area contributed by atoms with Crippen molar-refractivity contribution in [1.82, 2.24) is 20.6 Å². The van der Waals surface area contributed by atoms with Crippen LogP contribution < -0.4 is 20.7 Å². The summed E-state index contributed by atoms with van der Waals surface area (Å²) >= 11 is 0. The number of phenolic OH excluding ortho intramolecular Hbond substituents is 2. The van der Waals surface area contributed by atoms with Crippen LogP contribution in [0.15, 0.2) is 79.1 Å². The highest BCUT2D eigenvalue weighted by Gasteiger charge is 2.31. The molecule has 5 N–H and O–H groups in total. The molecule has 15 heteroatoms. The second kappa shape index (κ2) is 16.5. The molecule has 4 rings (SSSR count). The minimum atomic E-state index is -4.78. The molecule has 51 heavy (non-hydrogen) atoms. The number of phenols is 2. The fraction of sp³-hybridized carbons (Fsp3) is 0.333. The molecule has 0 aliphatic carbocycles. The van der Waals surface area contributed by atoms with Crippen LogP contribution in [0, 0.1) is 0 Å². The van der Waals surface area contributed by atoms with E-state index >= 15 is 0 Å². The summed E-state index contributed by atoms with van der Waals surface area (Å²) in [6.07, 6.45) is -2.90. The van der Waals surface area contributed by atoms with Gasteiger partial charge in [0.05, 0.1) is 30.1 Å². The van der Waals surface area contributed by atoms with Crippen LogP contribution in [0.2, 0.25) is 0 Å². The molecule has 0 fully saturated rings. The van der Waals surface area contributed by atoms with E-state index < -0.39 is 23.5 Å². The third-order valence-corrected chi connectivity index (χ3v) is 7.44. The fourth-order valence-corrected chi connectivity index (χ4v) is 4.64. The quantitative estimate of drug-likeness (QED) is 0.0655. The summed E-state index contributed by atoms with van der Waals surface area (Å²) in [4.78, 5) is 33.8.